The Kier molecular flexibility index (Phi) is 24.7. The second kappa shape index (κ2) is 33.3. The number of aliphatic hydroxyl groups excluding tert-OH is 8. The number of ketones is 6. The molecule has 15 rings (SSSR count). The monoisotopic (exact) mass is 1760 g/mol. The van der Waals surface area contributed by atoms with Crippen molar-refractivity contribution in [3.05, 3.63) is 50.8 Å². The first-order chi connectivity index (χ1) is 58.4. The SMILES string of the molecule is CCCC1(O)C(O[C@H]2CC[C@H](O[C@@H]3C[C@H](O)[C@](O)(C(C)=O)[C@@H](C)O3)[C@@H](C)O2)C(O)C(O[C@H]2C[C@@H](O)[C@@H](O)[C@H](C)O2)C2Cc3cc4c(OC)c(OC)c(C5=C(OC)C(=O)c6c(O)c7c(c(O)c6C5=O)C(=O)C5(O)C6C7OC5(CCC)C(O[C@H]5CC[C@H](O[C@@H]7C[C@H](O)[C@](O)(C(C)=O)[C@@H](C)O7)[C@@H](C)O5)C(O)C6OC5C[C@@H](O)[C@@H](O)[C@H](C)O5)c(O)c4c(O)c3C(=O)C21O. The van der Waals surface area contributed by atoms with Crippen molar-refractivity contribution >= 4 is 51.0 Å². The molecule has 12 aliphatic rings. The van der Waals surface area contributed by atoms with Crippen LogP contribution < -0.4 is 9.47 Å². The average molecular weight is 1760 g/mol. The number of benzene rings is 3. The van der Waals surface area contributed by atoms with Crippen LogP contribution in [0.4, 0.5) is 0 Å². The number of hydrogen-bond donors (Lipinski definition) is 17. The van der Waals surface area contributed by atoms with E-state index in [9.17, 15) is 96.4 Å². The first-order valence-electron chi connectivity index (χ1n) is 42.2. The summed E-state index contributed by atoms with van der Waals surface area (Å²) in [5.41, 5.74) is -22.9. The van der Waals surface area contributed by atoms with Gasteiger partial charge in [-0.15, -0.1) is 0 Å². The van der Waals surface area contributed by atoms with Crippen LogP contribution in [0.5, 0.6) is 34.5 Å². The van der Waals surface area contributed by atoms with Gasteiger partial charge in [0.15, 0.2) is 89.0 Å². The minimum absolute atomic E-state index is 0.0239. The molecule has 7 heterocycles. The molecule has 2 saturated carbocycles. The molecule has 0 spiro atoms. The zero-order chi connectivity index (χ0) is 90.2. The maximum atomic E-state index is 16.4. The van der Waals surface area contributed by atoms with E-state index in [1.54, 1.807) is 27.7 Å². The molecule has 5 aliphatic carbocycles. The van der Waals surface area contributed by atoms with Crippen LogP contribution >= 0.6 is 0 Å². The molecule has 3 aromatic carbocycles. The fourth-order valence-electron chi connectivity index (χ4n) is 21.9. The van der Waals surface area contributed by atoms with Crippen molar-refractivity contribution in [2.24, 2.45) is 11.8 Å². The standard InChI is InChI=1S/C85H112O39/c1-14-20-80(104)78(122-45-18-16-41(28(3)112-45)118-49-26-43(90)82(105,32(7)86)34(9)116-49)68(100)71(120-47-24-39(88)60(92)30(5)114-47)38-23-36-22-37-52(62(94)51(36)76(102)84(38,80)107)63(95)56(74(111-13)70(37)109-11)55-64(96)53-54(67(99)73(55)110-12)65(97)57-58(66(53)98)77(103)85(108)59-72(57)124-81(85,21-15-2)79(69(101)75(59)121-48-25-40(89)61(93)31(6)115-48)123-46-19-17-42(29(4)113-46)119-50-27-44(91)83(106,33(8)87)35(10)117-50/h22,28-31,34-35,38-50,59-61,68-69,71-72,75,78-79,88-95,97-98,100-101,104-108H,14-21,23-27H2,1-13H3/t28-,29-,30+,31+,34-,35-,38?,39-,40-,41+,42+,43+,44+,45+,46+,47+,48?,49-,50-,59?,60+,61+,68?,69?,71?,72?,75?,78?,79?,80?,81?,82+,83+,84?,85?/m1/s1. The molecule has 3 aromatic rings. The van der Waals surface area contributed by atoms with Gasteiger partial charge in [0.2, 0.25) is 23.1 Å². The molecule has 0 amide bonds. The Morgan fingerprint density at radius 3 is 1.42 bits per heavy atom. The molecule has 39 nitrogen and oxygen atoms in total. The van der Waals surface area contributed by atoms with Gasteiger partial charge in [0, 0.05) is 55.4 Å². The number of phenols is 4. The Morgan fingerprint density at radius 1 is 0.476 bits per heavy atom. The van der Waals surface area contributed by atoms with Gasteiger partial charge in [-0.1, -0.05) is 26.7 Å². The highest BCUT2D eigenvalue weighted by Crippen LogP contribution is 2.69. The largest absolute Gasteiger partial charge is 0.507 e. The number of allylic oxidation sites excluding steroid dienone is 2. The van der Waals surface area contributed by atoms with Crippen molar-refractivity contribution in [3.63, 3.8) is 0 Å². The van der Waals surface area contributed by atoms with E-state index in [1.807, 2.05) is 0 Å². The van der Waals surface area contributed by atoms with Crippen molar-refractivity contribution in [2.45, 2.75) is 352 Å². The second-order valence-electron chi connectivity index (χ2n) is 35.3. The first-order valence-corrected chi connectivity index (χ1v) is 42.2. The van der Waals surface area contributed by atoms with Gasteiger partial charge < -0.3 is 163 Å². The zero-order valence-corrected chi connectivity index (χ0v) is 70.6. The Balaban J connectivity index is 0.797. The maximum absolute atomic E-state index is 16.4. The first kappa shape index (κ1) is 92.0. The number of hydrogen-bond acceptors (Lipinski definition) is 39. The number of rotatable bonds is 22. The minimum atomic E-state index is -3.24. The summed E-state index contributed by atoms with van der Waals surface area (Å²) in [6, 6.07) is 1.23. The lowest BCUT2D eigenvalue weighted by atomic mass is 9.53. The molecule has 4 bridgehead atoms. The van der Waals surface area contributed by atoms with Crippen LogP contribution in [0.3, 0.4) is 0 Å². The Labute approximate surface area is 710 Å². The molecule has 14 unspecified atom stereocenters. The molecular formula is C85H112O39. The fourth-order valence-corrected chi connectivity index (χ4v) is 21.9. The summed E-state index contributed by atoms with van der Waals surface area (Å²) < 4.78 is 100. The molecular weight excluding hydrogens is 1640 g/mol. The number of Topliss-reactive ketones (excluding diaryl/α,β-unsaturated/α-hetero) is 6. The number of ether oxygens (including phenoxy) is 16. The number of aromatic hydroxyl groups is 4. The summed E-state index contributed by atoms with van der Waals surface area (Å²) >= 11 is 0. The van der Waals surface area contributed by atoms with Gasteiger partial charge in [-0.25, -0.2) is 0 Å². The second-order valence-corrected chi connectivity index (χ2v) is 35.3. The van der Waals surface area contributed by atoms with Gasteiger partial charge in [0.05, 0.1) is 158 Å². The number of methoxy groups -OCH3 is 3. The van der Waals surface area contributed by atoms with Crippen LogP contribution in [0.1, 0.15) is 211 Å². The van der Waals surface area contributed by atoms with Crippen molar-refractivity contribution in [2.75, 3.05) is 21.3 Å². The Bertz CT molecular complexity index is 4690. The summed E-state index contributed by atoms with van der Waals surface area (Å²) in [6.07, 6.45) is -41.8. The number of aliphatic hydroxyl groups is 13. The Morgan fingerprint density at radius 2 is 0.944 bits per heavy atom. The van der Waals surface area contributed by atoms with Crippen LogP contribution in [-0.2, 0) is 82.3 Å². The molecule has 7 aliphatic heterocycles. The highest BCUT2D eigenvalue weighted by molar-refractivity contribution is 6.43. The van der Waals surface area contributed by atoms with Crippen molar-refractivity contribution in [3.8, 4) is 34.5 Å². The van der Waals surface area contributed by atoms with E-state index >= 15 is 19.2 Å². The van der Waals surface area contributed by atoms with Crippen LogP contribution in [-0.4, -0.2) is 336 Å². The molecule has 35 atom stereocenters. The average Bonchev–Trinajstić information content (AvgIpc) is 1.51. The quantitative estimate of drug-likeness (QED) is 0.0603. The van der Waals surface area contributed by atoms with Crippen LogP contribution in [0.2, 0.25) is 0 Å². The van der Waals surface area contributed by atoms with Crippen molar-refractivity contribution in [1.29, 1.82) is 0 Å². The van der Waals surface area contributed by atoms with E-state index in [1.165, 1.54) is 33.8 Å². The molecule has 0 radical (unpaired) electrons. The lowest BCUT2D eigenvalue weighted by Gasteiger charge is -2.60. The molecule has 17 N–H and O–H groups in total. The third kappa shape index (κ3) is 13.6. The van der Waals surface area contributed by atoms with Gasteiger partial charge in [-0.3, -0.25) is 28.8 Å². The highest BCUT2D eigenvalue weighted by Gasteiger charge is 2.82. The van der Waals surface area contributed by atoms with E-state index in [-0.39, 0.29) is 68.7 Å². The molecule has 39 heteroatoms. The smallest absolute Gasteiger partial charge is 0.232 e. The summed E-state index contributed by atoms with van der Waals surface area (Å²) in [7, 11) is 3.04. The van der Waals surface area contributed by atoms with Gasteiger partial charge in [-0.05, 0) is 99.1 Å². The number of carbonyl (C=O) groups is 6. The molecule has 7 saturated heterocycles. The zero-order valence-electron chi connectivity index (χ0n) is 70.6. The highest BCUT2D eigenvalue weighted by atomic mass is 16.8. The van der Waals surface area contributed by atoms with Crippen LogP contribution in [0, 0.1) is 11.8 Å². The molecule has 686 valence electrons. The van der Waals surface area contributed by atoms with Crippen LogP contribution in [0.25, 0.3) is 16.3 Å². The normalized spacial score (nSPS) is 43.9. The fraction of sp³-hybridized carbons (Fsp3) is 0.718. The third-order valence-corrected chi connectivity index (χ3v) is 28.4. The third-order valence-electron chi connectivity index (χ3n) is 28.4. The van der Waals surface area contributed by atoms with Gasteiger partial charge in [0.25, 0.3) is 0 Å². The van der Waals surface area contributed by atoms with Crippen molar-refractivity contribution in [1.82, 2.24) is 0 Å². The summed E-state index contributed by atoms with van der Waals surface area (Å²) in [4.78, 5) is 89.7. The predicted octanol–water partition coefficient (Wildman–Crippen LogP) is 0.343. The van der Waals surface area contributed by atoms with E-state index in [2.05, 4.69) is 0 Å². The van der Waals surface area contributed by atoms with Gasteiger partial charge >= 0.3 is 0 Å². The van der Waals surface area contributed by atoms with Crippen molar-refractivity contribution < 1.29 is 191 Å². The number of fused-ring (bicyclic) bond motifs is 6. The topological polar surface area (TPSA) is 594 Å². The Hall–Kier alpha value is -6.76. The van der Waals surface area contributed by atoms with E-state index in [4.69, 9.17) is 75.8 Å². The molecule has 124 heavy (non-hydrogen) atoms. The van der Waals surface area contributed by atoms with E-state index < -0.39 is 356 Å². The maximum Gasteiger partial charge on any atom is 0.232 e. The lowest BCUT2D eigenvalue weighted by molar-refractivity contribution is -0.359. The number of carbonyl (C=O) groups excluding carboxylic acids is 6. The van der Waals surface area contributed by atoms with Gasteiger partial charge in [-0.2, -0.15) is 0 Å². The summed E-state index contributed by atoms with van der Waals surface area (Å²) in [5.74, 6) is -18.1. The van der Waals surface area contributed by atoms with E-state index in [0.29, 0.717) is 0 Å². The lowest BCUT2D eigenvalue weighted by Crippen LogP contribution is -2.80. The summed E-state index contributed by atoms with van der Waals surface area (Å²) in [6.45, 7) is 14.3. The number of phenolic OH excluding ortho intramolecular Hbond substituents is 4. The summed E-state index contributed by atoms with van der Waals surface area (Å²) in [5, 5.41) is 207. The van der Waals surface area contributed by atoms with E-state index in [0.717, 1.165) is 35.2 Å². The van der Waals surface area contributed by atoms with Crippen LogP contribution in [0.15, 0.2) is 11.8 Å². The minimum Gasteiger partial charge on any atom is -0.507 e. The predicted molar refractivity (Wildman–Crippen MR) is 415 cm³/mol. The van der Waals surface area contributed by atoms with Gasteiger partial charge in [0.1, 0.15) is 70.8 Å². The molecule has 0 aromatic heterocycles. The molecule has 9 fully saturated rings.